The van der Waals surface area contributed by atoms with E-state index >= 15 is 0 Å². The van der Waals surface area contributed by atoms with Crippen LogP contribution in [0.4, 0.5) is 0 Å². The Balaban J connectivity index is 1.62. The van der Waals surface area contributed by atoms with E-state index in [1.54, 1.807) is 30.1 Å². The molecule has 1 aliphatic rings. The molecule has 27 heavy (non-hydrogen) atoms. The minimum absolute atomic E-state index is 0.110. The Morgan fingerprint density at radius 1 is 1.33 bits per heavy atom. The number of rotatable bonds is 6. The number of nitrogens with one attached hydrogen (secondary N) is 1. The fourth-order valence-electron chi connectivity index (χ4n) is 3.10. The molecule has 5 nitrogen and oxygen atoms in total. The van der Waals surface area contributed by atoms with Crippen LogP contribution in [0.15, 0.2) is 64.6 Å². The molecule has 0 saturated heterocycles. The van der Waals surface area contributed by atoms with E-state index < -0.39 is 6.04 Å². The van der Waals surface area contributed by atoms with E-state index in [0.717, 1.165) is 18.4 Å². The molecule has 0 bridgehead atoms. The molecule has 7 heteroatoms. The molecule has 3 rings (SSSR count). The van der Waals surface area contributed by atoms with Gasteiger partial charge in [0.2, 0.25) is 0 Å². The van der Waals surface area contributed by atoms with Crippen molar-refractivity contribution in [1.29, 1.82) is 0 Å². The second-order valence-electron chi connectivity index (χ2n) is 6.35. The van der Waals surface area contributed by atoms with Gasteiger partial charge in [0.05, 0.1) is 27.6 Å². The van der Waals surface area contributed by atoms with Crippen LogP contribution >= 0.6 is 23.2 Å². The van der Waals surface area contributed by atoms with E-state index in [4.69, 9.17) is 27.6 Å². The van der Waals surface area contributed by atoms with Gasteiger partial charge in [0, 0.05) is 13.6 Å². The van der Waals surface area contributed by atoms with Crippen LogP contribution in [0.5, 0.6) is 0 Å². The van der Waals surface area contributed by atoms with E-state index in [0.29, 0.717) is 28.0 Å². The summed E-state index contributed by atoms with van der Waals surface area (Å²) >= 11 is 11.9. The largest absolute Gasteiger partial charge is 0.505 e. The Hall–Kier alpha value is -2.37. The monoisotopic (exact) mass is 406 g/mol. The van der Waals surface area contributed by atoms with Gasteiger partial charge in [0.1, 0.15) is 17.6 Å². The number of nitrogens with zero attached hydrogens (tertiary/aromatic N) is 1. The topological polar surface area (TPSA) is 65.7 Å². The number of carbonyl (C=O) groups excluding carboxylic acids is 1. The molecular weight excluding hydrogens is 387 g/mol. The number of furan rings is 1. The molecule has 0 fully saturated rings. The highest BCUT2D eigenvalue weighted by Gasteiger charge is 2.39. The number of hydrogen-bond acceptors (Lipinski definition) is 4. The summed E-state index contributed by atoms with van der Waals surface area (Å²) < 4.78 is 5.44. The fourth-order valence-corrected chi connectivity index (χ4v) is 3.42. The molecule has 0 aliphatic carbocycles. The predicted octanol–water partition coefficient (Wildman–Crippen LogP) is 4.65. The Bertz CT molecular complexity index is 891. The lowest BCUT2D eigenvalue weighted by molar-refractivity contribution is -0.118. The van der Waals surface area contributed by atoms with Crippen molar-refractivity contribution in [3.8, 4) is 0 Å². The number of aliphatic hydroxyl groups is 1. The van der Waals surface area contributed by atoms with E-state index in [9.17, 15) is 9.90 Å². The summed E-state index contributed by atoms with van der Waals surface area (Å²) in [6.45, 7) is 4.29. The quantitative estimate of drug-likeness (QED) is 0.685. The zero-order valence-electron chi connectivity index (χ0n) is 14.8. The highest BCUT2D eigenvalue weighted by atomic mass is 35.5. The van der Waals surface area contributed by atoms with Crippen LogP contribution in [-0.2, 0) is 11.2 Å². The normalized spacial score (nSPS) is 16.9. The zero-order chi connectivity index (χ0) is 19.6. The number of amides is 1. The lowest BCUT2D eigenvalue weighted by Crippen LogP contribution is -2.30. The van der Waals surface area contributed by atoms with E-state index in [1.165, 1.54) is 6.26 Å². The molecular formula is C20H20Cl2N2O3. The average Bonchev–Trinajstić information content (AvgIpc) is 3.24. The molecule has 1 aliphatic heterocycles. The zero-order valence-corrected chi connectivity index (χ0v) is 16.3. The molecule has 1 aromatic carbocycles. The molecule has 1 aromatic heterocycles. The summed E-state index contributed by atoms with van der Waals surface area (Å²) in [7, 11) is 1.76. The third-order valence-electron chi connectivity index (χ3n) is 4.58. The van der Waals surface area contributed by atoms with Crippen molar-refractivity contribution in [1.82, 2.24) is 10.2 Å². The van der Waals surface area contributed by atoms with E-state index in [2.05, 4.69) is 11.9 Å². The molecule has 0 spiro atoms. The van der Waals surface area contributed by atoms with Crippen LogP contribution in [0.3, 0.4) is 0 Å². The highest BCUT2D eigenvalue weighted by Crippen LogP contribution is 2.40. The predicted molar refractivity (Wildman–Crippen MR) is 106 cm³/mol. The van der Waals surface area contributed by atoms with Crippen LogP contribution in [0, 0.1) is 0 Å². The van der Waals surface area contributed by atoms with Gasteiger partial charge >= 0.3 is 0 Å². The molecule has 1 atom stereocenters. The van der Waals surface area contributed by atoms with Crippen LogP contribution in [0.1, 0.15) is 23.8 Å². The van der Waals surface area contributed by atoms with Crippen molar-refractivity contribution in [2.45, 2.75) is 18.9 Å². The van der Waals surface area contributed by atoms with Crippen LogP contribution in [0.2, 0.25) is 10.0 Å². The first kappa shape index (κ1) is 19.4. The Labute approximate surface area is 167 Å². The van der Waals surface area contributed by atoms with Crippen molar-refractivity contribution in [2.24, 2.45) is 0 Å². The van der Waals surface area contributed by atoms with Crippen molar-refractivity contribution >= 4 is 29.1 Å². The van der Waals surface area contributed by atoms with Gasteiger partial charge < -0.3 is 19.7 Å². The number of aliphatic hydroxyl groups excluding tert-OH is 1. The molecule has 1 amide bonds. The van der Waals surface area contributed by atoms with Gasteiger partial charge in [-0.1, -0.05) is 35.8 Å². The number of likely N-dealkylation sites (N-methyl/N-ethyl adjacent to an activating group) is 1. The lowest BCUT2D eigenvalue weighted by atomic mass is 10.0. The van der Waals surface area contributed by atoms with E-state index in [-0.39, 0.29) is 17.2 Å². The second kappa shape index (κ2) is 8.11. The molecule has 1 unspecified atom stereocenters. The highest BCUT2D eigenvalue weighted by molar-refractivity contribution is 6.42. The summed E-state index contributed by atoms with van der Waals surface area (Å²) in [6.07, 6.45) is 3.00. The van der Waals surface area contributed by atoms with Gasteiger partial charge in [-0.3, -0.25) is 4.79 Å². The first-order valence-corrected chi connectivity index (χ1v) is 9.26. The van der Waals surface area contributed by atoms with Crippen LogP contribution in [-0.4, -0.2) is 29.5 Å². The summed E-state index contributed by atoms with van der Waals surface area (Å²) in [5.74, 6) is 0.123. The van der Waals surface area contributed by atoms with Crippen molar-refractivity contribution in [2.75, 3.05) is 13.6 Å². The van der Waals surface area contributed by atoms with E-state index in [1.807, 2.05) is 12.1 Å². The number of hydrogen-bond donors (Lipinski definition) is 2. The molecule has 2 N–H and O–H groups in total. The minimum atomic E-state index is -0.498. The average molecular weight is 407 g/mol. The van der Waals surface area contributed by atoms with Crippen LogP contribution in [0.25, 0.3) is 0 Å². The summed E-state index contributed by atoms with van der Waals surface area (Å²) in [5, 5.41) is 14.3. The second-order valence-corrected chi connectivity index (χ2v) is 7.16. The van der Waals surface area contributed by atoms with Gasteiger partial charge in [-0.25, -0.2) is 0 Å². The maximum atomic E-state index is 12.7. The number of halogens is 2. The number of aryl methyl sites for hydroxylation is 1. The van der Waals surface area contributed by atoms with Crippen molar-refractivity contribution < 1.29 is 14.3 Å². The summed E-state index contributed by atoms with van der Waals surface area (Å²) in [6, 6.07) is 8.51. The molecule has 142 valence electrons. The maximum absolute atomic E-state index is 12.7. The lowest BCUT2D eigenvalue weighted by Gasteiger charge is -2.22. The standard InChI is InChI=1S/C20H20Cl2N2O3/c1-12-19(25)17(18(24(12)2)16-6-4-10-27-16)20(26)23-9-3-5-13-7-8-14(21)15(22)11-13/h4,6-8,10-11,18,25H,1,3,5,9H2,2H3,(H,23,26). The van der Waals surface area contributed by atoms with Gasteiger partial charge in [0.15, 0.2) is 0 Å². The third-order valence-corrected chi connectivity index (χ3v) is 5.32. The third kappa shape index (κ3) is 3.99. The Kier molecular flexibility index (Phi) is 5.82. The Morgan fingerprint density at radius 3 is 2.78 bits per heavy atom. The van der Waals surface area contributed by atoms with Crippen molar-refractivity contribution in [3.63, 3.8) is 0 Å². The summed E-state index contributed by atoms with van der Waals surface area (Å²) in [4.78, 5) is 14.4. The molecule has 0 saturated carbocycles. The van der Waals surface area contributed by atoms with Gasteiger partial charge in [-0.05, 0) is 42.7 Å². The molecule has 0 radical (unpaired) electrons. The van der Waals surface area contributed by atoms with Crippen molar-refractivity contribution in [3.05, 3.63) is 81.6 Å². The van der Waals surface area contributed by atoms with Gasteiger partial charge in [-0.2, -0.15) is 0 Å². The van der Waals surface area contributed by atoms with Gasteiger partial charge in [-0.15, -0.1) is 0 Å². The minimum Gasteiger partial charge on any atom is -0.505 e. The fraction of sp³-hybridized carbons (Fsp3) is 0.250. The first-order chi connectivity index (χ1) is 12.9. The molecule has 2 heterocycles. The first-order valence-electron chi connectivity index (χ1n) is 8.51. The summed E-state index contributed by atoms with van der Waals surface area (Å²) in [5.41, 5.74) is 1.67. The molecule has 2 aromatic rings. The number of benzene rings is 1. The maximum Gasteiger partial charge on any atom is 0.253 e. The Morgan fingerprint density at radius 2 is 2.11 bits per heavy atom. The SMILES string of the molecule is C=C1C(O)=C(C(=O)NCCCc2ccc(Cl)c(Cl)c2)C(c2ccco2)N1C. The number of carbonyl (C=O) groups is 1. The van der Waals surface area contributed by atoms with Crippen LogP contribution < -0.4 is 5.32 Å². The van der Waals surface area contributed by atoms with Gasteiger partial charge in [0.25, 0.3) is 5.91 Å². The smallest absolute Gasteiger partial charge is 0.253 e.